The van der Waals surface area contributed by atoms with Gasteiger partial charge in [0.15, 0.2) is 0 Å². The van der Waals surface area contributed by atoms with Crippen molar-refractivity contribution in [2.75, 3.05) is 20.1 Å². The van der Waals surface area contributed by atoms with Crippen molar-refractivity contribution in [2.45, 2.75) is 74.7 Å². The first-order chi connectivity index (χ1) is 20.7. The molecular formula is C33H37N5O5. The number of fused-ring (bicyclic) bond motifs is 5. The largest absolute Gasteiger partial charge is 0.361 e. The van der Waals surface area contributed by atoms with Crippen molar-refractivity contribution in [3.05, 3.63) is 71.4 Å². The molecule has 3 N–H and O–H groups in total. The van der Waals surface area contributed by atoms with Gasteiger partial charge in [-0.05, 0) is 62.4 Å². The van der Waals surface area contributed by atoms with Crippen molar-refractivity contribution in [1.82, 2.24) is 25.0 Å². The molecule has 2 aromatic carbocycles. The van der Waals surface area contributed by atoms with Gasteiger partial charge in [-0.15, -0.1) is 0 Å². The van der Waals surface area contributed by atoms with Gasteiger partial charge in [0, 0.05) is 48.6 Å². The third kappa shape index (κ3) is 3.86. The van der Waals surface area contributed by atoms with E-state index in [0.29, 0.717) is 32.4 Å². The second-order valence-electron chi connectivity index (χ2n) is 13.2. The number of amides is 3. The summed E-state index contributed by atoms with van der Waals surface area (Å²) in [6, 6.07) is 14.4. The summed E-state index contributed by atoms with van der Waals surface area (Å²) in [4.78, 5) is 50.4. The number of aromatic nitrogens is 1. The molecule has 224 valence electrons. The van der Waals surface area contributed by atoms with Gasteiger partial charge >= 0.3 is 0 Å². The lowest BCUT2D eigenvalue weighted by atomic mass is 9.72. The van der Waals surface area contributed by atoms with Crippen LogP contribution in [-0.4, -0.2) is 92.4 Å². The molecule has 0 saturated carbocycles. The number of H-pyrrole nitrogens is 1. The molecule has 0 spiro atoms. The molecule has 10 nitrogen and oxygen atoms in total. The van der Waals surface area contributed by atoms with Gasteiger partial charge in [-0.25, -0.2) is 0 Å². The molecule has 5 aliphatic rings. The number of likely N-dealkylation sites (tertiary alicyclic amines) is 1. The molecular weight excluding hydrogens is 546 g/mol. The number of carbonyl (C=O) groups is 3. The molecule has 10 heteroatoms. The lowest BCUT2D eigenvalue weighted by Crippen LogP contribution is -2.71. The van der Waals surface area contributed by atoms with Crippen LogP contribution in [0.2, 0.25) is 0 Å². The number of likely N-dealkylation sites (N-methyl/N-ethyl adjacent to an activating group) is 1. The number of carbonyl (C=O) groups excluding carboxylic acids is 3. The Morgan fingerprint density at radius 1 is 1.16 bits per heavy atom. The third-order valence-electron chi connectivity index (χ3n) is 10.6. The maximum Gasteiger partial charge on any atom is 0.280 e. The molecule has 1 aromatic heterocycles. The maximum absolute atomic E-state index is 14.2. The van der Waals surface area contributed by atoms with Crippen molar-refractivity contribution in [1.29, 1.82) is 0 Å². The van der Waals surface area contributed by atoms with Crippen molar-refractivity contribution in [3.63, 3.8) is 0 Å². The van der Waals surface area contributed by atoms with Crippen molar-refractivity contribution in [3.8, 4) is 0 Å². The van der Waals surface area contributed by atoms with E-state index in [1.807, 2.05) is 30.3 Å². The molecule has 1 aliphatic carbocycles. The van der Waals surface area contributed by atoms with Crippen LogP contribution in [0.4, 0.5) is 0 Å². The van der Waals surface area contributed by atoms with E-state index in [4.69, 9.17) is 4.74 Å². The van der Waals surface area contributed by atoms with Crippen LogP contribution in [0.1, 0.15) is 48.8 Å². The molecule has 2 unspecified atom stereocenters. The van der Waals surface area contributed by atoms with Gasteiger partial charge in [0.25, 0.3) is 11.8 Å². The van der Waals surface area contributed by atoms with E-state index < -0.39 is 29.6 Å². The monoisotopic (exact) mass is 583 g/mol. The number of piperazine rings is 1. The summed E-state index contributed by atoms with van der Waals surface area (Å²) in [6.45, 7) is 2.56. The summed E-state index contributed by atoms with van der Waals surface area (Å²) in [5.74, 6) is -3.31. The van der Waals surface area contributed by atoms with Crippen LogP contribution in [0.25, 0.3) is 10.9 Å². The average Bonchev–Trinajstić information content (AvgIpc) is 3.70. The fraction of sp³-hybridized carbons (Fsp3) is 0.485. The Bertz CT molecular complexity index is 1640. The molecule has 4 saturated heterocycles. The number of nitrogens with zero attached hydrogens (tertiary/aromatic N) is 3. The van der Waals surface area contributed by atoms with Crippen LogP contribution < -0.4 is 5.32 Å². The number of aliphatic hydroxyl groups is 1. The molecule has 7 atom stereocenters. The number of hydrogen-bond acceptors (Lipinski definition) is 6. The standard InChI is InChI=1S/C33H37N5O5/c1-32(35-29(39)21-15-23-22-10-6-11-24-28(22)20(17-34-24)16-25(23)36(2)18-21)31(41)38-26(14-19-8-4-3-5-9-19)30(40)37-13-7-12-27(37)33(38,42)43-32/h3-6,8-11,17,21,23,25-27,34,42H,7,12-16,18H2,1-2H3,(H,35,39)/t21?,23?,25-,26+,27+,32-,33+/m1/s1. The molecule has 5 heterocycles. The van der Waals surface area contributed by atoms with Crippen molar-refractivity contribution >= 4 is 28.6 Å². The first kappa shape index (κ1) is 26.9. The van der Waals surface area contributed by atoms with Crippen LogP contribution in [-0.2, 0) is 32.0 Å². The minimum atomic E-state index is -2.03. The van der Waals surface area contributed by atoms with Gasteiger partial charge in [-0.1, -0.05) is 42.5 Å². The molecule has 43 heavy (non-hydrogen) atoms. The number of ether oxygens (including phenoxy) is 1. The molecule has 3 amide bonds. The van der Waals surface area contributed by atoms with E-state index in [2.05, 4.69) is 46.6 Å². The van der Waals surface area contributed by atoms with Gasteiger partial charge in [0.2, 0.25) is 17.5 Å². The first-order valence-corrected chi connectivity index (χ1v) is 15.4. The quantitative estimate of drug-likeness (QED) is 0.433. The summed E-state index contributed by atoms with van der Waals surface area (Å²) >= 11 is 0. The topological polar surface area (TPSA) is 118 Å². The van der Waals surface area contributed by atoms with E-state index in [1.54, 1.807) is 4.90 Å². The first-order valence-electron chi connectivity index (χ1n) is 15.4. The predicted octanol–water partition coefficient (Wildman–Crippen LogP) is 2.08. The van der Waals surface area contributed by atoms with E-state index >= 15 is 0 Å². The normalized spacial score (nSPS) is 35.2. The molecule has 0 radical (unpaired) electrons. The lowest BCUT2D eigenvalue weighted by molar-refractivity contribution is -0.315. The minimum absolute atomic E-state index is 0.171. The number of rotatable bonds is 4. The predicted molar refractivity (Wildman–Crippen MR) is 157 cm³/mol. The van der Waals surface area contributed by atoms with Gasteiger partial charge in [0.1, 0.15) is 12.1 Å². The highest BCUT2D eigenvalue weighted by molar-refractivity contribution is 5.97. The van der Waals surface area contributed by atoms with E-state index in [0.717, 1.165) is 17.5 Å². The summed E-state index contributed by atoms with van der Waals surface area (Å²) < 4.78 is 6.25. The highest BCUT2D eigenvalue weighted by Gasteiger charge is 2.70. The lowest BCUT2D eigenvalue weighted by Gasteiger charge is -2.48. The Morgan fingerprint density at radius 2 is 1.98 bits per heavy atom. The van der Waals surface area contributed by atoms with Crippen LogP contribution >= 0.6 is 0 Å². The van der Waals surface area contributed by atoms with Gasteiger partial charge in [-0.3, -0.25) is 24.0 Å². The highest BCUT2D eigenvalue weighted by atomic mass is 16.7. The summed E-state index contributed by atoms with van der Waals surface area (Å²) in [5, 5.41) is 16.2. The Morgan fingerprint density at radius 3 is 2.79 bits per heavy atom. The number of hydrogen-bond donors (Lipinski definition) is 3. The second-order valence-corrected chi connectivity index (χ2v) is 13.2. The van der Waals surface area contributed by atoms with Gasteiger partial charge < -0.3 is 25.2 Å². The second kappa shape index (κ2) is 9.38. The Hall–Kier alpha value is -3.73. The summed E-state index contributed by atoms with van der Waals surface area (Å²) in [7, 11) is 2.06. The van der Waals surface area contributed by atoms with Gasteiger partial charge in [-0.2, -0.15) is 0 Å². The zero-order valence-corrected chi connectivity index (χ0v) is 24.5. The van der Waals surface area contributed by atoms with Gasteiger partial charge in [0.05, 0.1) is 5.92 Å². The zero-order chi connectivity index (χ0) is 29.7. The fourth-order valence-corrected chi connectivity index (χ4v) is 8.65. The smallest absolute Gasteiger partial charge is 0.280 e. The molecule has 0 bridgehead atoms. The number of aromatic amines is 1. The number of benzene rings is 2. The summed E-state index contributed by atoms with van der Waals surface area (Å²) in [6.07, 6.45) is 5.13. The maximum atomic E-state index is 14.2. The minimum Gasteiger partial charge on any atom is -0.361 e. The third-order valence-corrected chi connectivity index (χ3v) is 10.6. The van der Waals surface area contributed by atoms with Crippen molar-refractivity contribution in [2.24, 2.45) is 5.92 Å². The molecule has 8 rings (SSSR count). The highest BCUT2D eigenvalue weighted by Crippen LogP contribution is 2.47. The van der Waals surface area contributed by atoms with Crippen LogP contribution in [0.3, 0.4) is 0 Å². The van der Waals surface area contributed by atoms with E-state index in [-0.39, 0.29) is 36.1 Å². The Labute approximate surface area is 250 Å². The Kier molecular flexibility index (Phi) is 5.86. The van der Waals surface area contributed by atoms with Crippen LogP contribution in [0, 0.1) is 5.92 Å². The molecule has 4 aliphatic heterocycles. The van der Waals surface area contributed by atoms with Crippen LogP contribution in [0.5, 0.6) is 0 Å². The molecule has 4 fully saturated rings. The number of nitrogens with one attached hydrogen (secondary N) is 2. The van der Waals surface area contributed by atoms with Crippen molar-refractivity contribution < 1.29 is 24.2 Å². The Balaban J connectivity index is 1.08. The summed E-state index contributed by atoms with van der Waals surface area (Å²) in [5.41, 5.74) is 2.74. The van der Waals surface area contributed by atoms with E-state index in [1.165, 1.54) is 28.3 Å². The zero-order valence-electron chi connectivity index (χ0n) is 24.5. The average molecular weight is 584 g/mol. The fourth-order valence-electron chi connectivity index (χ4n) is 8.65. The van der Waals surface area contributed by atoms with Crippen LogP contribution in [0.15, 0.2) is 54.7 Å². The molecule has 3 aromatic rings. The SMILES string of the molecule is CN1CC(C(=O)N[C@]2(C)O[C@@]3(O)[C@@H]4CCCN4C(=O)[C@H](Cc4ccccc4)N3C2=O)CC2c3cccc4[nH]cc(c34)C[C@H]21. The van der Waals surface area contributed by atoms with E-state index in [9.17, 15) is 19.5 Å². The number of piperidine rings is 1.